The average Bonchev–Trinajstić information content (AvgIpc) is 3.54. The first kappa shape index (κ1) is 21.6. The number of H-pyrrole nitrogens is 1. The van der Waals surface area contributed by atoms with Crippen LogP contribution < -0.4 is 15.4 Å². The van der Waals surface area contributed by atoms with Gasteiger partial charge in [-0.2, -0.15) is 0 Å². The van der Waals surface area contributed by atoms with Crippen LogP contribution in [0.25, 0.3) is 11.5 Å². The minimum atomic E-state index is -0.564. The van der Waals surface area contributed by atoms with Crippen LogP contribution in [0.3, 0.4) is 0 Å². The van der Waals surface area contributed by atoms with E-state index >= 15 is 0 Å². The lowest BCUT2D eigenvalue weighted by Gasteiger charge is -2.29. The van der Waals surface area contributed by atoms with Crippen LogP contribution in [-0.4, -0.2) is 39.9 Å². The third-order valence-electron chi connectivity index (χ3n) is 5.70. The van der Waals surface area contributed by atoms with E-state index in [-0.39, 0.29) is 17.6 Å². The Labute approximate surface area is 186 Å². The van der Waals surface area contributed by atoms with Crippen LogP contribution in [-0.2, 0) is 11.4 Å². The highest BCUT2D eigenvalue weighted by Gasteiger charge is 2.31. The van der Waals surface area contributed by atoms with Crippen molar-refractivity contribution in [3.63, 3.8) is 0 Å². The lowest BCUT2D eigenvalue weighted by molar-refractivity contribution is -0.124. The van der Waals surface area contributed by atoms with Gasteiger partial charge in [0.05, 0.1) is 24.4 Å². The number of hydrogen-bond acceptors (Lipinski definition) is 6. The molecule has 168 valence electrons. The van der Waals surface area contributed by atoms with Gasteiger partial charge in [-0.3, -0.25) is 9.59 Å². The van der Waals surface area contributed by atoms with Crippen molar-refractivity contribution >= 4 is 11.8 Å². The molecule has 32 heavy (non-hydrogen) atoms. The molecule has 4 rings (SSSR count). The molecule has 0 bridgehead atoms. The third kappa shape index (κ3) is 5.16. The summed E-state index contributed by atoms with van der Waals surface area (Å²) in [6.07, 6.45) is 10.1. The summed E-state index contributed by atoms with van der Waals surface area (Å²) in [6, 6.07) is 6.27. The number of pyridine rings is 1. The minimum absolute atomic E-state index is 0.137. The molecule has 0 aromatic carbocycles. The van der Waals surface area contributed by atoms with Crippen LogP contribution in [0.15, 0.2) is 47.4 Å². The summed E-state index contributed by atoms with van der Waals surface area (Å²) in [5.41, 5.74) is 1.44. The Morgan fingerprint density at radius 1 is 1.19 bits per heavy atom. The summed E-state index contributed by atoms with van der Waals surface area (Å²) < 4.78 is 11.4. The molecule has 1 fully saturated rings. The number of nitrogens with one attached hydrogen (secondary N) is 3. The summed E-state index contributed by atoms with van der Waals surface area (Å²) in [5, 5.41) is 5.53. The smallest absolute Gasteiger partial charge is 0.287 e. The zero-order chi connectivity index (χ0) is 22.3. The van der Waals surface area contributed by atoms with E-state index in [4.69, 9.17) is 9.15 Å². The van der Waals surface area contributed by atoms with Crippen molar-refractivity contribution in [1.82, 2.24) is 25.6 Å². The van der Waals surface area contributed by atoms with Crippen molar-refractivity contribution < 1.29 is 18.7 Å². The normalized spacial score (nSPS) is 15.2. The molecule has 0 radical (unpaired) electrons. The third-order valence-corrected chi connectivity index (χ3v) is 5.70. The predicted octanol–water partition coefficient (Wildman–Crippen LogP) is 3.07. The van der Waals surface area contributed by atoms with E-state index in [9.17, 15) is 9.59 Å². The van der Waals surface area contributed by atoms with E-state index < -0.39 is 11.9 Å². The molecule has 0 spiro atoms. The Bertz CT molecular complexity index is 1020. The largest absolute Gasteiger partial charge is 0.486 e. The summed E-state index contributed by atoms with van der Waals surface area (Å²) in [4.78, 5) is 36.4. The maximum absolute atomic E-state index is 12.8. The summed E-state index contributed by atoms with van der Waals surface area (Å²) in [7, 11) is 1.59. The number of furan rings is 1. The van der Waals surface area contributed by atoms with Crippen molar-refractivity contribution in [3.8, 4) is 17.2 Å². The lowest BCUT2D eigenvalue weighted by atomic mass is 9.83. The second-order valence-corrected chi connectivity index (χ2v) is 7.87. The van der Waals surface area contributed by atoms with Gasteiger partial charge >= 0.3 is 0 Å². The molecular formula is C23H27N5O4. The van der Waals surface area contributed by atoms with Gasteiger partial charge in [-0.1, -0.05) is 19.3 Å². The van der Waals surface area contributed by atoms with Gasteiger partial charge in [-0.05, 0) is 43.0 Å². The first-order valence-electron chi connectivity index (χ1n) is 10.8. The Morgan fingerprint density at radius 3 is 2.72 bits per heavy atom. The Hall–Kier alpha value is -3.62. The summed E-state index contributed by atoms with van der Waals surface area (Å²) >= 11 is 0. The monoisotopic (exact) mass is 437 g/mol. The second-order valence-electron chi connectivity index (χ2n) is 7.87. The summed E-state index contributed by atoms with van der Waals surface area (Å²) in [6.45, 7) is 0.361. The average molecular weight is 438 g/mol. The topological polar surface area (TPSA) is 122 Å². The Kier molecular flexibility index (Phi) is 6.84. The first-order valence-corrected chi connectivity index (χ1v) is 10.8. The van der Waals surface area contributed by atoms with Crippen LogP contribution in [0.4, 0.5) is 0 Å². The number of hydrogen-bond donors (Lipinski definition) is 3. The zero-order valence-electron chi connectivity index (χ0n) is 18.0. The number of likely N-dealkylation sites (N-methyl/N-ethyl adjacent to an activating group) is 1. The van der Waals surface area contributed by atoms with E-state index in [1.165, 1.54) is 6.42 Å². The van der Waals surface area contributed by atoms with Gasteiger partial charge in [0.15, 0.2) is 11.5 Å². The number of carbonyl (C=O) groups excluding carboxylic acids is 2. The quantitative estimate of drug-likeness (QED) is 0.498. The van der Waals surface area contributed by atoms with Gasteiger partial charge in [-0.15, -0.1) is 0 Å². The molecule has 3 aromatic rings. The maximum Gasteiger partial charge on any atom is 0.287 e. The fraction of sp³-hybridized carbons (Fsp3) is 0.391. The van der Waals surface area contributed by atoms with E-state index in [0.29, 0.717) is 23.8 Å². The van der Waals surface area contributed by atoms with Gasteiger partial charge in [0.1, 0.15) is 24.1 Å². The number of amides is 2. The van der Waals surface area contributed by atoms with Gasteiger partial charge in [0, 0.05) is 7.05 Å². The van der Waals surface area contributed by atoms with Crippen molar-refractivity contribution in [2.45, 2.75) is 44.8 Å². The van der Waals surface area contributed by atoms with Crippen molar-refractivity contribution in [2.75, 3.05) is 7.05 Å². The molecule has 1 aliphatic rings. The van der Waals surface area contributed by atoms with Crippen molar-refractivity contribution in [1.29, 1.82) is 0 Å². The number of imidazole rings is 1. The molecular weight excluding hydrogens is 410 g/mol. The van der Waals surface area contributed by atoms with Gasteiger partial charge in [0.25, 0.3) is 5.91 Å². The molecule has 1 unspecified atom stereocenters. The number of ether oxygens (including phenoxy) is 1. The van der Waals surface area contributed by atoms with Crippen LogP contribution >= 0.6 is 0 Å². The molecule has 3 aromatic heterocycles. The molecule has 0 saturated heterocycles. The van der Waals surface area contributed by atoms with Gasteiger partial charge in [0.2, 0.25) is 5.91 Å². The number of carbonyl (C=O) groups is 2. The molecule has 1 saturated carbocycles. The van der Waals surface area contributed by atoms with Crippen LogP contribution in [0.5, 0.6) is 5.75 Å². The molecule has 1 atom stereocenters. The highest BCUT2D eigenvalue weighted by molar-refractivity contribution is 5.96. The number of aromatic amines is 1. The zero-order valence-corrected chi connectivity index (χ0v) is 18.0. The highest BCUT2D eigenvalue weighted by atomic mass is 16.5. The molecule has 9 heteroatoms. The summed E-state index contributed by atoms with van der Waals surface area (Å²) in [5.74, 6) is 0.765. The number of aromatic nitrogens is 3. The van der Waals surface area contributed by atoms with Crippen LogP contribution in [0.1, 0.15) is 48.4 Å². The Morgan fingerprint density at radius 2 is 2.03 bits per heavy atom. The lowest BCUT2D eigenvalue weighted by Crippen LogP contribution is -2.50. The minimum Gasteiger partial charge on any atom is -0.486 e. The fourth-order valence-electron chi connectivity index (χ4n) is 3.97. The van der Waals surface area contributed by atoms with E-state index in [0.717, 1.165) is 31.4 Å². The van der Waals surface area contributed by atoms with Crippen molar-refractivity contribution in [2.24, 2.45) is 5.92 Å². The molecule has 1 aliphatic carbocycles. The van der Waals surface area contributed by atoms with E-state index in [2.05, 4.69) is 25.6 Å². The van der Waals surface area contributed by atoms with Crippen LogP contribution in [0, 0.1) is 5.92 Å². The second kappa shape index (κ2) is 10.1. The molecule has 2 amide bonds. The Balaban J connectivity index is 1.39. The van der Waals surface area contributed by atoms with E-state index in [1.54, 1.807) is 50.0 Å². The van der Waals surface area contributed by atoms with Crippen molar-refractivity contribution in [3.05, 3.63) is 54.4 Å². The SMILES string of the molecule is CNC(=O)C(NC(=O)c1ccc(-c2ccc(OCc3cnc[nH]3)cn2)o1)C1CCCCC1. The standard InChI is InChI=1S/C23H27N5O4/c1-24-23(30)21(15-5-3-2-4-6-15)28-22(29)20-10-9-19(32-20)18-8-7-17(12-26-18)31-13-16-11-25-14-27-16/h7-12,14-15,21H,2-6,13H2,1H3,(H,24,30)(H,25,27)(H,28,29). The first-order chi connectivity index (χ1) is 15.6. The predicted molar refractivity (Wildman–Crippen MR) is 117 cm³/mol. The molecule has 3 N–H and O–H groups in total. The fourth-order valence-corrected chi connectivity index (χ4v) is 3.97. The molecule has 9 nitrogen and oxygen atoms in total. The van der Waals surface area contributed by atoms with Gasteiger partial charge in [-0.25, -0.2) is 9.97 Å². The number of rotatable bonds is 8. The highest BCUT2D eigenvalue weighted by Crippen LogP contribution is 2.27. The number of nitrogens with zero attached hydrogens (tertiary/aromatic N) is 2. The molecule has 3 heterocycles. The van der Waals surface area contributed by atoms with Crippen LogP contribution in [0.2, 0.25) is 0 Å². The maximum atomic E-state index is 12.8. The van der Waals surface area contributed by atoms with E-state index in [1.807, 2.05) is 0 Å². The molecule has 0 aliphatic heterocycles. The van der Waals surface area contributed by atoms with Gasteiger partial charge < -0.3 is 24.8 Å².